The van der Waals surface area contributed by atoms with E-state index in [9.17, 15) is 12.8 Å². The van der Waals surface area contributed by atoms with Crippen LogP contribution in [0.2, 0.25) is 0 Å². The van der Waals surface area contributed by atoms with Gasteiger partial charge in [0.15, 0.2) is 0 Å². The maximum Gasteiger partial charge on any atom is 0.266 e. The number of hydrogen-bond donors (Lipinski definition) is 2. The number of aromatic nitrogens is 2. The summed E-state index contributed by atoms with van der Waals surface area (Å²) in [7, 11) is -4.08. The third-order valence-corrected chi connectivity index (χ3v) is 5.07. The quantitative estimate of drug-likeness (QED) is 0.840. The maximum atomic E-state index is 13.8. The van der Waals surface area contributed by atoms with E-state index in [1.165, 1.54) is 0 Å². The summed E-state index contributed by atoms with van der Waals surface area (Å²) < 4.78 is 40.2. The summed E-state index contributed by atoms with van der Waals surface area (Å²) in [6.07, 6.45) is 0.644. The first-order chi connectivity index (χ1) is 9.33. The van der Waals surface area contributed by atoms with Gasteiger partial charge in [0.1, 0.15) is 15.7 Å². The molecule has 0 atom stereocenters. The fourth-order valence-corrected chi connectivity index (χ4v) is 3.49. The molecule has 108 valence electrons. The van der Waals surface area contributed by atoms with Crippen LogP contribution in [-0.2, 0) is 16.4 Å². The lowest BCUT2D eigenvalue weighted by molar-refractivity contribution is 0.570. The lowest BCUT2D eigenvalue weighted by atomic mass is 10.2. The number of sulfonamides is 1. The number of nitrogens with one attached hydrogen (secondary N) is 1. The highest BCUT2D eigenvalue weighted by atomic mass is 32.2. The summed E-state index contributed by atoms with van der Waals surface area (Å²) in [4.78, 5) is -0.506. The standard InChI is InChI=1S/C11H13FN4O2S2/c1-3-10-14-15-11(19-10)16-20(17,18)9-5-8(13)6(2)4-7(9)12/h4-5H,3,13H2,1-2H3,(H,15,16). The molecule has 1 aromatic heterocycles. The Kier molecular flexibility index (Phi) is 3.91. The minimum absolute atomic E-state index is 0.0976. The third kappa shape index (κ3) is 2.88. The van der Waals surface area contributed by atoms with Gasteiger partial charge in [0.2, 0.25) is 5.13 Å². The molecule has 20 heavy (non-hydrogen) atoms. The van der Waals surface area contributed by atoms with Crippen LogP contribution >= 0.6 is 11.3 Å². The van der Waals surface area contributed by atoms with Crippen molar-refractivity contribution in [2.24, 2.45) is 0 Å². The van der Waals surface area contributed by atoms with E-state index in [1.54, 1.807) is 6.92 Å². The first-order valence-electron chi connectivity index (χ1n) is 5.74. The Hall–Kier alpha value is -1.74. The Labute approximate surface area is 119 Å². The largest absolute Gasteiger partial charge is 0.398 e. The summed E-state index contributed by atoms with van der Waals surface area (Å²) in [5, 5.41) is 8.27. The van der Waals surface area contributed by atoms with Crippen LogP contribution < -0.4 is 10.5 Å². The molecule has 1 heterocycles. The lowest BCUT2D eigenvalue weighted by Gasteiger charge is -2.08. The van der Waals surface area contributed by atoms with Crippen molar-refractivity contribution in [1.29, 1.82) is 0 Å². The molecule has 0 amide bonds. The number of hydrogen-bond acceptors (Lipinski definition) is 6. The lowest BCUT2D eigenvalue weighted by Crippen LogP contribution is -2.15. The molecule has 3 N–H and O–H groups in total. The summed E-state index contributed by atoms with van der Waals surface area (Å²) >= 11 is 1.10. The molecule has 0 saturated heterocycles. The van der Waals surface area contributed by atoms with Crippen molar-refractivity contribution in [3.05, 3.63) is 28.5 Å². The topological polar surface area (TPSA) is 98.0 Å². The minimum atomic E-state index is -4.08. The Balaban J connectivity index is 2.37. The molecule has 2 aromatic rings. The molecule has 0 fully saturated rings. The highest BCUT2D eigenvalue weighted by Gasteiger charge is 2.22. The zero-order chi connectivity index (χ0) is 14.9. The second kappa shape index (κ2) is 5.33. The smallest absolute Gasteiger partial charge is 0.266 e. The number of aryl methyl sites for hydroxylation is 2. The van der Waals surface area contributed by atoms with Crippen molar-refractivity contribution in [1.82, 2.24) is 10.2 Å². The molecule has 0 unspecified atom stereocenters. The van der Waals surface area contributed by atoms with Gasteiger partial charge in [-0.1, -0.05) is 18.3 Å². The Bertz CT molecular complexity index is 743. The van der Waals surface area contributed by atoms with Gasteiger partial charge in [-0.05, 0) is 31.0 Å². The fourth-order valence-electron chi connectivity index (χ4n) is 1.48. The van der Waals surface area contributed by atoms with Crippen molar-refractivity contribution in [2.45, 2.75) is 25.2 Å². The van der Waals surface area contributed by atoms with Gasteiger partial charge < -0.3 is 5.73 Å². The summed E-state index contributed by atoms with van der Waals surface area (Å²) in [6, 6.07) is 2.18. The summed E-state index contributed by atoms with van der Waals surface area (Å²) in [6.45, 7) is 3.47. The summed E-state index contributed by atoms with van der Waals surface area (Å²) in [5.74, 6) is -0.857. The van der Waals surface area contributed by atoms with Crippen molar-refractivity contribution in [3.63, 3.8) is 0 Å². The van der Waals surface area contributed by atoms with Gasteiger partial charge in [-0.2, -0.15) is 0 Å². The van der Waals surface area contributed by atoms with E-state index in [0.717, 1.165) is 23.5 Å². The Morgan fingerprint density at radius 1 is 1.40 bits per heavy atom. The van der Waals surface area contributed by atoms with Gasteiger partial charge in [0.05, 0.1) is 0 Å². The van der Waals surface area contributed by atoms with Crippen LogP contribution in [0, 0.1) is 12.7 Å². The molecule has 1 aromatic carbocycles. The van der Waals surface area contributed by atoms with E-state index in [2.05, 4.69) is 14.9 Å². The van der Waals surface area contributed by atoms with Crippen molar-refractivity contribution >= 4 is 32.2 Å². The number of nitrogens with zero attached hydrogens (tertiary/aromatic N) is 2. The Morgan fingerprint density at radius 3 is 2.70 bits per heavy atom. The normalized spacial score (nSPS) is 11.6. The predicted octanol–water partition coefficient (Wildman–Crippen LogP) is 1.93. The second-order valence-electron chi connectivity index (χ2n) is 4.10. The van der Waals surface area contributed by atoms with Gasteiger partial charge in [-0.15, -0.1) is 10.2 Å². The maximum absolute atomic E-state index is 13.8. The first kappa shape index (κ1) is 14.7. The van der Waals surface area contributed by atoms with Crippen molar-refractivity contribution in [2.75, 3.05) is 10.5 Å². The molecule has 0 aliphatic heterocycles. The molecule has 0 aliphatic carbocycles. The van der Waals surface area contributed by atoms with E-state index < -0.39 is 20.7 Å². The van der Waals surface area contributed by atoms with Crippen LogP contribution in [0.15, 0.2) is 17.0 Å². The number of halogens is 1. The average Bonchev–Trinajstić information content (AvgIpc) is 2.80. The molecule has 0 saturated carbocycles. The molecule has 0 bridgehead atoms. The molecule has 9 heteroatoms. The van der Waals surface area contributed by atoms with Crippen LogP contribution in [-0.4, -0.2) is 18.6 Å². The van der Waals surface area contributed by atoms with Crippen molar-refractivity contribution < 1.29 is 12.8 Å². The molecular weight excluding hydrogens is 303 g/mol. The number of nitrogen functional groups attached to an aromatic ring is 1. The van der Waals surface area contributed by atoms with Crippen LogP contribution in [0.5, 0.6) is 0 Å². The number of benzene rings is 1. The zero-order valence-corrected chi connectivity index (χ0v) is 12.5. The minimum Gasteiger partial charge on any atom is -0.398 e. The SMILES string of the molecule is CCc1nnc(NS(=O)(=O)c2cc(N)c(C)cc2F)s1. The monoisotopic (exact) mass is 316 g/mol. The Morgan fingerprint density at radius 2 is 2.10 bits per heavy atom. The number of rotatable bonds is 4. The van der Waals surface area contributed by atoms with E-state index in [4.69, 9.17) is 5.73 Å². The molecular formula is C11H13FN4O2S2. The van der Waals surface area contributed by atoms with E-state index >= 15 is 0 Å². The molecule has 6 nitrogen and oxygen atoms in total. The van der Waals surface area contributed by atoms with Crippen LogP contribution in [0.1, 0.15) is 17.5 Å². The third-order valence-electron chi connectivity index (χ3n) is 2.60. The molecule has 2 rings (SSSR count). The van der Waals surface area contributed by atoms with Crippen LogP contribution in [0.4, 0.5) is 15.2 Å². The van der Waals surface area contributed by atoms with Crippen LogP contribution in [0.25, 0.3) is 0 Å². The van der Waals surface area contributed by atoms with Crippen molar-refractivity contribution in [3.8, 4) is 0 Å². The zero-order valence-electron chi connectivity index (χ0n) is 10.8. The molecule has 0 spiro atoms. The second-order valence-corrected chi connectivity index (χ2v) is 6.81. The molecule has 0 radical (unpaired) electrons. The van der Waals surface area contributed by atoms with E-state index in [-0.39, 0.29) is 10.8 Å². The van der Waals surface area contributed by atoms with Crippen LogP contribution in [0.3, 0.4) is 0 Å². The number of nitrogens with two attached hydrogens (primary N) is 1. The highest BCUT2D eigenvalue weighted by molar-refractivity contribution is 7.93. The van der Waals surface area contributed by atoms with E-state index in [1.807, 2.05) is 6.92 Å². The average molecular weight is 316 g/mol. The van der Waals surface area contributed by atoms with Gasteiger partial charge in [-0.25, -0.2) is 12.8 Å². The van der Waals surface area contributed by atoms with Gasteiger partial charge in [0, 0.05) is 5.69 Å². The van der Waals surface area contributed by atoms with Gasteiger partial charge in [-0.3, -0.25) is 4.72 Å². The fraction of sp³-hybridized carbons (Fsp3) is 0.273. The first-order valence-corrected chi connectivity index (χ1v) is 8.04. The van der Waals surface area contributed by atoms with Gasteiger partial charge >= 0.3 is 0 Å². The highest BCUT2D eigenvalue weighted by Crippen LogP contribution is 2.25. The number of anilines is 2. The van der Waals surface area contributed by atoms with Gasteiger partial charge in [0.25, 0.3) is 10.0 Å². The molecule has 0 aliphatic rings. The summed E-state index contributed by atoms with van der Waals surface area (Å²) in [5.41, 5.74) is 6.31. The van der Waals surface area contributed by atoms with E-state index in [0.29, 0.717) is 17.0 Å². The predicted molar refractivity (Wildman–Crippen MR) is 75.6 cm³/mol.